The number of rotatable bonds is 2. The maximum atomic E-state index is 13.8. The van der Waals surface area contributed by atoms with Crippen LogP contribution < -0.4 is 5.73 Å². The molecule has 0 spiro atoms. The maximum Gasteiger partial charge on any atom is 0.129 e. The van der Waals surface area contributed by atoms with Crippen molar-refractivity contribution in [1.29, 1.82) is 0 Å². The van der Waals surface area contributed by atoms with E-state index in [1.54, 1.807) is 12.1 Å². The highest BCUT2D eigenvalue weighted by atomic mass is 35.5. The van der Waals surface area contributed by atoms with Crippen LogP contribution in [0.4, 0.5) is 4.39 Å². The highest BCUT2D eigenvalue weighted by Crippen LogP contribution is 2.59. The van der Waals surface area contributed by atoms with E-state index in [0.717, 1.165) is 11.8 Å². The monoisotopic (exact) mass is 253 g/mol. The van der Waals surface area contributed by atoms with E-state index < -0.39 is 0 Å². The molecule has 2 N–H and O–H groups in total. The topological polar surface area (TPSA) is 26.0 Å². The lowest BCUT2D eigenvalue weighted by Crippen LogP contribution is -2.16. The number of nitrogens with two attached hydrogens (primary N) is 1. The van der Waals surface area contributed by atoms with Crippen molar-refractivity contribution in [2.45, 2.75) is 31.7 Å². The van der Waals surface area contributed by atoms with Gasteiger partial charge in [0.05, 0.1) is 0 Å². The fourth-order valence-corrected chi connectivity index (χ4v) is 3.72. The number of hydrogen-bond donors (Lipinski definition) is 1. The molecule has 92 valence electrons. The molecule has 2 aliphatic carbocycles. The smallest absolute Gasteiger partial charge is 0.129 e. The Kier molecular flexibility index (Phi) is 2.87. The summed E-state index contributed by atoms with van der Waals surface area (Å²) in [5.74, 6) is 1.73. The highest BCUT2D eigenvalue weighted by Gasteiger charge is 2.53. The standard InChI is InChI=1S/C14H17ClFN/c15-8-5-6-11(12(16)7-8)14(17)13-9-3-1-2-4-10(9)13/h5-7,9-10,13-14H,1-4,17H2. The molecule has 0 amide bonds. The van der Waals surface area contributed by atoms with Crippen molar-refractivity contribution in [1.82, 2.24) is 0 Å². The van der Waals surface area contributed by atoms with Crippen LogP contribution in [0.1, 0.15) is 37.3 Å². The van der Waals surface area contributed by atoms with Crippen molar-refractivity contribution in [3.63, 3.8) is 0 Å². The zero-order chi connectivity index (χ0) is 12.0. The van der Waals surface area contributed by atoms with Gasteiger partial charge in [-0.05, 0) is 42.7 Å². The van der Waals surface area contributed by atoms with Gasteiger partial charge in [-0.3, -0.25) is 0 Å². The third-order valence-corrected chi connectivity index (χ3v) is 4.69. The van der Waals surface area contributed by atoms with E-state index in [9.17, 15) is 4.39 Å². The van der Waals surface area contributed by atoms with Gasteiger partial charge in [0.15, 0.2) is 0 Å². The van der Waals surface area contributed by atoms with Crippen LogP contribution in [0.5, 0.6) is 0 Å². The summed E-state index contributed by atoms with van der Waals surface area (Å²) in [6.07, 6.45) is 5.18. The molecule has 2 aliphatic rings. The van der Waals surface area contributed by atoms with Crippen LogP contribution in [-0.4, -0.2) is 0 Å². The average Bonchev–Trinajstić information content (AvgIpc) is 3.02. The number of hydrogen-bond acceptors (Lipinski definition) is 1. The van der Waals surface area contributed by atoms with E-state index >= 15 is 0 Å². The molecule has 17 heavy (non-hydrogen) atoms. The van der Waals surface area contributed by atoms with Crippen molar-refractivity contribution >= 4 is 11.6 Å². The van der Waals surface area contributed by atoms with Crippen LogP contribution in [0.15, 0.2) is 18.2 Å². The molecular formula is C14H17ClFN. The van der Waals surface area contributed by atoms with E-state index in [1.807, 2.05) is 0 Å². The molecule has 0 radical (unpaired) electrons. The molecule has 0 heterocycles. The predicted molar refractivity (Wildman–Crippen MR) is 67.3 cm³/mol. The van der Waals surface area contributed by atoms with Crippen molar-refractivity contribution in [2.24, 2.45) is 23.5 Å². The minimum absolute atomic E-state index is 0.152. The highest BCUT2D eigenvalue weighted by molar-refractivity contribution is 6.30. The van der Waals surface area contributed by atoms with Gasteiger partial charge in [-0.2, -0.15) is 0 Å². The average molecular weight is 254 g/mol. The Morgan fingerprint density at radius 3 is 2.47 bits per heavy atom. The first kappa shape index (κ1) is 11.5. The summed E-state index contributed by atoms with van der Waals surface area (Å²) in [7, 11) is 0. The first-order chi connectivity index (χ1) is 8.18. The number of benzene rings is 1. The third kappa shape index (κ3) is 1.98. The molecule has 1 nitrogen and oxygen atoms in total. The van der Waals surface area contributed by atoms with Gasteiger partial charge in [0, 0.05) is 16.6 Å². The summed E-state index contributed by atoms with van der Waals surface area (Å²) in [5, 5.41) is 0.437. The summed E-state index contributed by atoms with van der Waals surface area (Å²) in [6.45, 7) is 0. The summed E-state index contributed by atoms with van der Waals surface area (Å²) in [4.78, 5) is 0. The third-order valence-electron chi connectivity index (χ3n) is 4.46. The maximum absolute atomic E-state index is 13.8. The SMILES string of the molecule is NC(c1ccc(Cl)cc1F)C1C2CCCCC21. The Morgan fingerprint density at radius 1 is 1.24 bits per heavy atom. The van der Waals surface area contributed by atoms with Gasteiger partial charge in [-0.25, -0.2) is 4.39 Å². The van der Waals surface area contributed by atoms with Crippen molar-refractivity contribution in [2.75, 3.05) is 0 Å². The molecule has 0 aliphatic heterocycles. The van der Waals surface area contributed by atoms with Gasteiger partial charge in [-0.1, -0.05) is 30.5 Å². The Labute approximate surface area is 106 Å². The fourth-order valence-electron chi connectivity index (χ4n) is 3.56. The second kappa shape index (κ2) is 4.25. The Bertz CT molecular complexity index is 422. The second-order valence-corrected chi connectivity index (χ2v) is 5.82. The summed E-state index contributed by atoms with van der Waals surface area (Å²) >= 11 is 5.76. The van der Waals surface area contributed by atoms with Crippen LogP contribution in [0.3, 0.4) is 0 Å². The van der Waals surface area contributed by atoms with Gasteiger partial charge < -0.3 is 5.73 Å². The van der Waals surface area contributed by atoms with Crippen LogP contribution in [0.2, 0.25) is 5.02 Å². The molecular weight excluding hydrogens is 237 g/mol. The number of halogens is 2. The zero-order valence-electron chi connectivity index (χ0n) is 9.70. The minimum Gasteiger partial charge on any atom is -0.324 e. The Balaban J connectivity index is 1.80. The van der Waals surface area contributed by atoms with Crippen LogP contribution in [0.25, 0.3) is 0 Å². The number of fused-ring (bicyclic) bond motifs is 1. The van der Waals surface area contributed by atoms with Gasteiger partial charge >= 0.3 is 0 Å². The van der Waals surface area contributed by atoms with Crippen molar-refractivity contribution in [3.8, 4) is 0 Å². The molecule has 3 heteroatoms. The van der Waals surface area contributed by atoms with E-state index in [-0.39, 0.29) is 11.9 Å². The second-order valence-electron chi connectivity index (χ2n) is 5.38. The van der Waals surface area contributed by atoms with Gasteiger partial charge in [0.25, 0.3) is 0 Å². The van der Waals surface area contributed by atoms with E-state index in [0.29, 0.717) is 16.5 Å². The normalized spacial score (nSPS) is 33.0. The molecule has 0 saturated heterocycles. The summed E-state index contributed by atoms with van der Waals surface area (Å²) in [6, 6.07) is 4.68. The first-order valence-electron chi connectivity index (χ1n) is 6.39. The van der Waals surface area contributed by atoms with Gasteiger partial charge in [-0.15, -0.1) is 0 Å². The molecule has 1 aromatic carbocycles. The van der Waals surface area contributed by atoms with Crippen LogP contribution in [-0.2, 0) is 0 Å². The molecule has 0 aromatic heterocycles. The van der Waals surface area contributed by atoms with Gasteiger partial charge in [0.1, 0.15) is 5.82 Å². The minimum atomic E-state index is -0.256. The Morgan fingerprint density at radius 2 is 1.88 bits per heavy atom. The van der Waals surface area contributed by atoms with Crippen LogP contribution >= 0.6 is 11.6 Å². The molecule has 3 atom stereocenters. The molecule has 1 aromatic rings. The van der Waals surface area contributed by atoms with Crippen LogP contribution in [0, 0.1) is 23.6 Å². The van der Waals surface area contributed by atoms with E-state index in [1.165, 1.54) is 31.7 Å². The van der Waals surface area contributed by atoms with Crippen molar-refractivity contribution < 1.29 is 4.39 Å². The van der Waals surface area contributed by atoms with Gasteiger partial charge in [0.2, 0.25) is 0 Å². The largest absolute Gasteiger partial charge is 0.324 e. The molecule has 3 rings (SSSR count). The Hall–Kier alpha value is -0.600. The van der Waals surface area contributed by atoms with E-state index in [2.05, 4.69) is 0 Å². The first-order valence-corrected chi connectivity index (χ1v) is 6.77. The molecule has 3 unspecified atom stereocenters. The molecule has 2 fully saturated rings. The van der Waals surface area contributed by atoms with E-state index in [4.69, 9.17) is 17.3 Å². The molecule has 2 saturated carbocycles. The predicted octanol–water partition coefficient (Wildman–Crippen LogP) is 3.92. The van der Waals surface area contributed by atoms with Crippen molar-refractivity contribution in [3.05, 3.63) is 34.6 Å². The summed E-state index contributed by atoms with van der Waals surface area (Å²) < 4.78 is 13.8. The summed E-state index contributed by atoms with van der Waals surface area (Å²) in [5.41, 5.74) is 6.86. The lowest BCUT2D eigenvalue weighted by molar-refractivity contribution is 0.480. The lowest BCUT2D eigenvalue weighted by Gasteiger charge is -2.13. The fraction of sp³-hybridized carbons (Fsp3) is 0.571. The zero-order valence-corrected chi connectivity index (χ0v) is 10.5. The molecule has 0 bridgehead atoms. The lowest BCUT2D eigenvalue weighted by atomic mass is 10.0. The quantitative estimate of drug-likeness (QED) is 0.850.